The summed E-state index contributed by atoms with van der Waals surface area (Å²) in [5.74, 6) is -1.59. The number of urea groups is 1. The summed E-state index contributed by atoms with van der Waals surface area (Å²) >= 11 is 0. The number of likely N-dealkylation sites (N-methyl/N-ethyl adjacent to an activating group) is 1. The number of carbonyl (C=O) groups is 3. The van der Waals surface area contributed by atoms with Crippen LogP contribution in [0.4, 0.5) is 4.79 Å². The summed E-state index contributed by atoms with van der Waals surface area (Å²) < 4.78 is 4.75. The average molecular weight is 274 g/mol. The lowest BCUT2D eigenvalue weighted by Gasteiger charge is -2.22. The molecule has 0 saturated carbocycles. The third kappa shape index (κ3) is 6.64. The molecular formula is C12H22N2O5. The summed E-state index contributed by atoms with van der Waals surface area (Å²) in [6.45, 7) is 5.56. The van der Waals surface area contributed by atoms with Gasteiger partial charge in [-0.2, -0.15) is 0 Å². The molecule has 0 saturated heterocycles. The van der Waals surface area contributed by atoms with Crippen molar-refractivity contribution in [2.45, 2.75) is 39.7 Å². The van der Waals surface area contributed by atoms with Gasteiger partial charge in [0.1, 0.15) is 12.6 Å². The molecule has 0 aromatic heterocycles. The van der Waals surface area contributed by atoms with Gasteiger partial charge in [-0.25, -0.2) is 9.59 Å². The van der Waals surface area contributed by atoms with Crippen molar-refractivity contribution in [3.8, 4) is 0 Å². The standard InChI is InChI=1S/C12H22N2O5/c1-4-7-9(11(16)17)13-12(18)14(5-2)8-10(15)19-6-3/h9H,4-8H2,1-3H3,(H,13,18)(H,16,17)/t9-/m0/s1. The number of ether oxygens (including phenoxy) is 1. The van der Waals surface area contributed by atoms with E-state index >= 15 is 0 Å². The highest BCUT2D eigenvalue weighted by Crippen LogP contribution is 1.99. The maximum atomic E-state index is 11.8. The SMILES string of the molecule is CCC[C@H](NC(=O)N(CC)CC(=O)OCC)C(=O)O. The molecular weight excluding hydrogens is 252 g/mol. The van der Waals surface area contributed by atoms with Gasteiger partial charge < -0.3 is 20.1 Å². The van der Waals surface area contributed by atoms with E-state index < -0.39 is 24.0 Å². The third-order valence-corrected chi connectivity index (χ3v) is 2.47. The Morgan fingerprint density at radius 2 is 1.89 bits per heavy atom. The normalized spacial score (nSPS) is 11.5. The first-order chi connectivity index (χ1) is 8.96. The lowest BCUT2D eigenvalue weighted by atomic mass is 10.2. The monoisotopic (exact) mass is 274 g/mol. The third-order valence-electron chi connectivity index (χ3n) is 2.47. The van der Waals surface area contributed by atoms with Gasteiger partial charge in [0.25, 0.3) is 0 Å². The lowest BCUT2D eigenvalue weighted by molar-refractivity contribution is -0.143. The first-order valence-electron chi connectivity index (χ1n) is 6.40. The number of carboxylic acid groups (broad SMARTS) is 1. The highest BCUT2D eigenvalue weighted by Gasteiger charge is 2.23. The molecule has 7 heteroatoms. The summed E-state index contributed by atoms with van der Waals surface area (Å²) in [5, 5.41) is 11.3. The van der Waals surface area contributed by atoms with E-state index in [-0.39, 0.29) is 13.2 Å². The molecule has 2 N–H and O–H groups in total. The van der Waals surface area contributed by atoms with Crippen LogP contribution in [0.3, 0.4) is 0 Å². The van der Waals surface area contributed by atoms with Crippen molar-refractivity contribution >= 4 is 18.0 Å². The summed E-state index contributed by atoms with van der Waals surface area (Å²) in [6.07, 6.45) is 0.985. The maximum absolute atomic E-state index is 11.8. The molecule has 0 aromatic rings. The number of esters is 1. The zero-order chi connectivity index (χ0) is 14.8. The van der Waals surface area contributed by atoms with E-state index in [1.54, 1.807) is 13.8 Å². The molecule has 1 atom stereocenters. The second-order valence-electron chi connectivity index (χ2n) is 3.95. The summed E-state index contributed by atoms with van der Waals surface area (Å²) in [5.41, 5.74) is 0. The molecule has 0 heterocycles. The van der Waals surface area contributed by atoms with Crippen LogP contribution >= 0.6 is 0 Å². The van der Waals surface area contributed by atoms with Crippen LogP contribution in [0.2, 0.25) is 0 Å². The smallest absolute Gasteiger partial charge is 0.326 e. The number of rotatable bonds is 8. The predicted molar refractivity (Wildman–Crippen MR) is 68.7 cm³/mol. The predicted octanol–water partition coefficient (Wildman–Crippen LogP) is 0.834. The highest BCUT2D eigenvalue weighted by atomic mass is 16.5. The van der Waals surface area contributed by atoms with Gasteiger partial charge in [-0.3, -0.25) is 4.79 Å². The van der Waals surface area contributed by atoms with Crippen molar-refractivity contribution in [2.24, 2.45) is 0 Å². The Kier molecular flexibility index (Phi) is 8.32. The van der Waals surface area contributed by atoms with Crippen LogP contribution in [0.15, 0.2) is 0 Å². The number of amides is 2. The topological polar surface area (TPSA) is 95.9 Å². The number of hydrogen-bond acceptors (Lipinski definition) is 4. The fraction of sp³-hybridized carbons (Fsp3) is 0.750. The number of aliphatic carboxylic acids is 1. The Hall–Kier alpha value is -1.79. The molecule has 19 heavy (non-hydrogen) atoms. The van der Waals surface area contributed by atoms with Crippen molar-refractivity contribution < 1.29 is 24.2 Å². The molecule has 0 aliphatic carbocycles. The molecule has 0 aromatic carbocycles. The largest absolute Gasteiger partial charge is 0.480 e. The van der Waals surface area contributed by atoms with Crippen LogP contribution in [-0.4, -0.2) is 53.7 Å². The van der Waals surface area contributed by atoms with Crippen LogP contribution in [0.25, 0.3) is 0 Å². The van der Waals surface area contributed by atoms with Gasteiger partial charge in [0.2, 0.25) is 0 Å². The van der Waals surface area contributed by atoms with Crippen molar-refractivity contribution in [1.29, 1.82) is 0 Å². The van der Waals surface area contributed by atoms with Gasteiger partial charge in [0, 0.05) is 6.54 Å². The van der Waals surface area contributed by atoms with Crippen molar-refractivity contribution in [3.05, 3.63) is 0 Å². The molecule has 7 nitrogen and oxygen atoms in total. The van der Waals surface area contributed by atoms with Crippen LogP contribution in [0, 0.1) is 0 Å². The fourth-order valence-electron chi connectivity index (χ4n) is 1.48. The molecule has 0 bridgehead atoms. The van der Waals surface area contributed by atoms with Crippen molar-refractivity contribution in [2.75, 3.05) is 19.7 Å². The molecule has 0 aliphatic rings. The van der Waals surface area contributed by atoms with Gasteiger partial charge in [0.15, 0.2) is 0 Å². The number of nitrogens with zero attached hydrogens (tertiary/aromatic N) is 1. The molecule has 0 radical (unpaired) electrons. The highest BCUT2D eigenvalue weighted by molar-refractivity contribution is 5.85. The Labute approximate surface area is 112 Å². The quantitative estimate of drug-likeness (QED) is 0.639. The van der Waals surface area contributed by atoms with E-state index in [4.69, 9.17) is 9.84 Å². The van der Waals surface area contributed by atoms with Gasteiger partial charge in [-0.15, -0.1) is 0 Å². The van der Waals surface area contributed by atoms with Crippen LogP contribution in [0.1, 0.15) is 33.6 Å². The molecule has 0 aliphatic heterocycles. The van der Waals surface area contributed by atoms with Crippen molar-refractivity contribution in [3.63, 3.8) is 0 Å². The Bertz CT molecular complexity index is 319. The lowest BCUT2D eigenvalue weighted by Crippen LogP contribution is -2.49. The Balaban J connectivity index is 4.48. The van der Waals surface area contributed by atoms with Gasteiger partial charge in [-0.1, -0.05) is 13.3 Å². The summed E-state index contributed by atoms with van der Waals surface area (Å²) in [4.78, 5) is 35.3. The number of nitrogens with one attached hydrogen (secondary N) is 1. The summed E-state index contributed by atoms with van der Waals surface area (Å²) in [6, 6.07) is -1.51. The van der Waals surface area contributed by atoms with E-state index in [2.05, 4.69) is 5.32 Å². The van der Waals surface area contributed by atoms with E-state index in [0.29, 0.717) is 19.4 Å². The molecule has 0 unspecified atom stereocenters. The minimum Gasteiger partial charge on any atom is -0.480 e. The van der Waals surface area contributed by atoms with E-state index in [0.717, 1.165) is 0 Å². The first kappa shape index (κ1) is 17.2. The molecule has 2 amide bonds. The maximum Gasteiger partial charge on any atom is 0.326 e. The molecule has 110 valence electrons. The average Bonchev–Trinajstić information content (AvgIpc) is 2.35. The Morgan fingerprint density at radius 3 is 2.32 bits per heavy atom. The van der Waals surface area contributed by atoms with Crippen LogP contribution in [-0.2, 0) is 14.3 Å². The zero-order valence-electron chi connectivity index (χ0n) is 11.6. The Morgan fingerprint density at radius 1 is 1.26 bits per heavy atom. The zero-order valence-corrected chi connectivity index (χ0v) is 11.6. The number of carboxylic acids is 1. The van der Waals surface area contributed by atoms with E-state index in [9.17, 15) is 14.4 Å². The second kappa shape index (κ2) is 9.18. The minimum absolute atomic E-state index is 0.186. The molecule has 0 rings (SSSR count). The minimum atomic E-state index is -1.08. The fourth-order valence-corrected chi connectivity index (χ4v) is 1.48. The van der Waals surface area contributed by atoms with Gasteiger partial charge >= 0.3 is 18.0 Å². The number of carbonyl (C=O) groups excluding carboxylic acids is 2. The van der Waals surface area contributed by atoms with E-state index in [1.807, 2.05) is 6.92 Å². The van der Waals surface area contributed by atoms with E-state index in [1.165, 1.54) is 4.90 Å². The summed E-state index contributed by atoms with van der Waals surface area (Å²) in [7, 11) is 0. The number of hydrogen-bond donors (Lipinski definition) is 2. The van der Waals surface area contributed by atoms with Crippen LogP contribution < -0.4 is 5.32 Å². The van der Waals surface area contributed by atoms with Crippen LogP contribution in [0.5, 0.6) is 0 Å². The first-order valence-corrected chi connectivity index (χ1v) is 6.40. The molecule has 0 spiro atoms. The molecule has 0 fully saturated rings. The van der Waals surface area contributed by atoms with Gasteiger partial charge in [0.05, 0.1) is 6.61 Å². The van der Waals surface area contributed by atoms with Gasteiger partial charge in [-0.05, 0) is 20.3 Å². The van der Waals surface area contributed by atoms with Crippen molar-refractivity contribution in [1.82, 2.24) is 10.2 Å². The second-order valence-corrected chi connectivity index (χ2v) is 3.95.